The predicted octanol–water partition coefficient (Wildman–Crippen LogP) is 5.60. The van der Waals surface area contributed by atoms with Gasteiger partial charge in [0.15, 0.2) is 5.13 Å². The third-order valence-corrected chi connectivity index (χ3v) is 6.32. The monoisotopic (exact) mass is 446 g/mol. The van der Waals surface area contributed by atoms with Crippen LogP contribution in [0.15, 0.2) is 65.5 Å². The highest BCUT2D eigenvalue weighted by Gasteiger charge is 2.13. The van der Waals surface area contributed by atoms with Crippen molar-refractivity contribution in [3.05, 3.63) is 76.6 Å². The van der Waals surface area contributed by atoms with E-state index in [1.807, 2.05) is 17.5 Å². The van der Waals surface area contributed by atoms with E-state index >= 15 is 0 Å². The van der Waals surface area contributed by atoms with E-state index < -0.39 is 5.97 Å². The molecule has 0 fully saturated rings. The first kappa shape index (κ1) is 19.2. The molecule has 0 aliphatic carbocycles. The minimum Gasteiger partial charge on any atom is -0.478 e. The molecule has 9 heteroatoms. The van der Waals surface area contributed by atoms with Crippen LogP contribution in [0.25, 0.3) is 21.0 Å². The molecule has 7 nitrogen and oxygen atoms in total. The van der Waals surface area contributed by atoms with E-state index in [1.165, 1.54) is 11.3 Å². The molecule has 0 saturated heterocycles. The molecule has 0 atom stereocenters. The normalized spacial score (nSPS) is 11.0. The number of carbonyl (C=O) groups is 2. The maximum atomic E-state index is 12.5. The zero-order valence-electron chi connectivity index (χ0n) is 15.8. The SMILES string of the molecule is O=C(O)c1ccc2c(c1)nc(Nc1cccc(C(=O)Nc3nccs3)c1)c1ccsc12. The number of anilines is 3. The van der Waals surface area contributed by atoms with Crippen molar-refractivity contribution in [2.24, 2.45) is 0 Å². The van der Waals surface area contributed by atoms with Crippen LogP contribution in [-0.2, 0) is 0 Å². The number of carbonyl (C=O) groups excluding carboxylic acids is 1. The van der Waals surface area contributed by atoms with Crippen LogP contribution in [0.2, 0.25) is 0 Å². The molecule has 5 aromatic rings. The molecule has 3 heterocycles. The van der Waals surface area contributed by atoms with Gasteiger partial charge in [-0.1, -0.05) is 12.1 Å². The van der Waals surface area contributed by atoms with Crippen LogP contribution in [0.1, 0.15) is 20.7 Å². The zero-order valence-corrected chi connectivity index (χ0v) is 17.5. The lowest BCUT2D eigenvalue weighted by Crippen LogP contribution is -2.11. The van der Waals surface area contributed by atoms with E-state index in [0.29, 0.717) is 27.7 Å². The summed E-state index contributed by atoms with van der Waals surface area (Å²) in [6.45, 7) is 0. The summed E-state index contributed by atoms with van der Waals surface area (Å²) in [7, 11) is 0. The lowest BCUT2D eigenvalue weighted by molar-refractivity contribution is 0.0696. The number of hydrogen-bond acceptors (Lipinski definition) is 7. The van der Waals surface area contributed by atoms with Crippen molar-refractivity contribution in [1.29, 1.82) is 0 Å². The molecular weight excluding hydrogens is 432 g/mol. The van der Waals surface area contributed by atoms with Gasteiger partial charge in [0.25, 0.3) is 5.91 Å². The minimum absolute atomic E-state index is 0.183. The van der Waals surface area contributed by atoms with Crippen molar-refractivity contribution in [3.63, 3.8) is 0 Å². The molecule has 0 unspecified atom stereocenters. The molecule has 0 saturated carbocycles. The maximum absolute atomic E-state index is 12.5. The van der Waals surface area contributed by atoms with Crippen LogP contribution < -0.4 is 10.6 Å². The van der Waals surface area contributed by atoms with Gasteiger partial charge in [-0.05, 0) is 41.8 Å². The molecule has 3 N–H and O–H groups in total. The average Bonchev–Trinajstić information content (AvgIpc) is 3.46. The number of thiazole rings is 1. The van der Waals surface area contributed by atoms with E-state index in [2.05, 4.69) is 20.6 Å². The first-order chi connectivity index (χ1) is 15.1. The van der Waals surface area contributed by atoms with Crippen LogP contribution in [-0.4, -0.2) is 27.0 Å². The second-order valence-corrected chi connectivity index (χ2v) is 8.47. The highest BCUT2D eigenvalue weighted by atomic mass is 32.1. The fourth-order valence-corrected chi connectivity index (χ4v) is 4.71. The summed E-state index contributed by atoms with van der Waals surface area (Å²) in [5.74, 6) is -0.649. The first-order valence-corrected chi connectivity index (χ1v) is 11.0. The summed E-state index contributed by atoms with van der Waals surface area (Å²) in [5.41, 5.74) is 1.95. The molecule has 0 spiro atoms. The van der Waals surface area contributed by atoms with Gasteiger partial charge in [0, 0.05) is 38.3 Å². The molecule has 3 aromatic heterocycles. The molecule has 5 rings (SSSR count). The number of carboxylic acids is 1. The fourth-order valence-electron chi connectivity index (χ4n) is 3.26. The van der Waals surface area contributed by atoms with Crippen LogP contribution in [0.5, 0.6) is 0 Å². The molecule has 0 radical (unpaired) electrons. The van der Waals surface area contributed by atoms with Crippen LogP contribution in [0.3, 0.4) is 0 Å². The van der Waals surface area contributed by atoms with Crippen molar-refractivity contribution in [3.8, 4) is 0 Å². The Kier molecular flexibility index (Phi) is 4.81. The maximum Gasteiger partial charge on any atom is 0.335 e. The Balaban J connectivity index is 1.51. The summed E-state index contributed by atoms with van der Waals surface area (Å²) in [6, 6.07) is 14.0. The van der Waals surface area contributed by atoms with Gasteiger partial charge >= 0.3 is 5.97 Å². The van der Waals surface area contributed by atoms with Crippen LogP contribution in [0, 0.1) is 0 Å². The summed E-state index contributed by atoms with van der Waals surface area (Å²) < 4.78 is 1.02. The van der Waals surface area contributed by atoms with Gasteiger partial charge in [0.1, 0.15) is 5.82 Å². The second-order valence-electron chi connectivity index (χ2n) is 6.66. The zero-order chi connectivity index (χ0) is 21.4. The number of hydrogen-bond donors (Lipinski definition) is 3. The number of aromatic nitrogens is 2. The van der Waals surface area contributed by atoms with E-state index in [4.69, 9.17) is 0 Å². The van der Waals surface area contributed by atoms with Crippen molar-refractivity contribution in [2.75, 3.05) is 10.6 Å². The van der Waals surface area contributed by atoms with Gasteiger partial charge in [-0.3, -0.25) is 10.1 Å². The average molecular weight is 447 g/mol. The van der Waals surface area contributed by atoms with E-state index in [1.54, 1.807) is 59.3 Å². The van der Waals surface area contributed by atoms with Crippen molar-refractivity contribution < 1.29 is 14.7 Å². The number of carboxylic acid groups (broad SMARTS) is 1. The Hall–Kier alpha value is -3.82. The van der Waals surface area contributed by atoms with Gasteiger partial charge in [0.2, 0.25) is 0 Å². The number of rotatable bonds is 5. The predicted molar refractivity (Wildman–Crippen MR) is 124 cm³/mol. The van der Waals surface area contributed by atoms with Gasteiger partial charge in [-0.15, -0.1) is 22.7 Å². The number of benzene rings is 2. The largest absolute Gasteiger partial charge is 0.478 e. The number of amides is 1. The topological polar surface area (TPSA) is 104 Å². The van der Waals surface area contributed by atoms with E-state index in [0.717, 1.165) is 15.5 Å². The Morgan fingerprint density at radius 2 is 1.84 bits per heavy atom. The summed E-state index contributed by atoms with van der Waals surface area (Å²) in [5, 5.41) is 21.5. The van der Waals surface area contributed by atoms with Crippen LogP contribution >= 0.6 is 22.7 Å². The third kappa shape index (κ3) is 3.72. The van der Waals surface area contributed by atoms with E-state index in [-0.39, 0.29) is 11.5 Å². The Morgan fingerprint density at radius 3 is 2.65 bits per heavy atom. The highest BCUT2D eigenvalue weighted by Crippen LogP contribution is 2.35. The molecule has 1 amide bonds. The highest BCUT2D eigenvalue weighted by molar-refractivity contribution is 7.18. The molecule has 2 aromatic carbocycles. The molecule has 0 aliphatic rings. The lowest BCUT2D eigenvalue weighted by Gasteiger charge is -2.11. The molecule has 0 aliphatic heterocycles. The van der Waals surface area contributed by atoms with Gasteiger partial charge in [-0.25, -0.2) is 14.8 Å². The van der Waals surface area contributed by atoms with Gasteiger partial charge in [-0.2, -0.15) is 0 Å². The number of aromatic carboxylic acids is 1. The molecule has 0 bridgehead atoms. The Bertz CT molecular complexity index is 1440. The second kappa shape index (κ2) is 7.78. The summed E-state index contributed by atoms with van der Waals surface area (Å²) in [6.07, 6.45) is 1.63. The summed E-state index contributed by atoms with van der Waals surface area (Å²) in [4.78, 5) is 32.6. The van der Waals surface area contributed by atoms with E-state index in [9.17, 15) is 14.7 Å². The third-order valence-electron chi connectivity index (χ3n) is 4.68. The van der Waals surface area contributed by atoms with Crippen molar-refractivity contribution in [1.82, 2.24) is 9.97 Å². The number of pyridine rings is 1. The first-order valence-electron chi connectivity index (χ1n) is 9.21. The van der Waals surface area contributed by atoms with Gasteiger partial charge < -0.3 is 10.4 Å². The number of nitrogens with one attached hydrogen (secondary N) is 2. The number of nitrogens with zero attached hydrogens (tertiary/aromatic N) is 2. The molecule has 152 valence electrons. The Labute approximate surface area is 184 Å². The van der Waals surface area contributed by atoms with Crippen molar-refractivity contribution >= 4 is 72.2 Å². The smallest absolute Gasteiger partial charge is 0.335 e. The summed E-state index contributed by atoms with van der Waals surface area (Å²) >= 11 is 2.92. The van der Waals surface area contributed by atoms with Crippen molar-refractivity contribution in [2.45, 2.75) is 0 Å². The van der Waals surface area contributed by atoms with Crippen LogP contribution in [0.4, 0.5) is 16.6 Å². The number of thiophene rings is 1. The number of fused-ring (bicyclic) bond motifs is 3. The standard InChI is InChI=1S/C22H14N4O3S2/c27-20(26-22-23-7-9-31-22)12-2-1-3-14(10-12)24-19-16-6-8-30-18(16)15-5-4-13(21(28)29)11-17(15)25-19/h1-11H,(H,24,25)(H,28,29)(H,23,26,27). The molecular formula is C22H14N4O3S2. The Morgan fingerprint density at radius 1 is 0.935 bits per heavy atom. The molecule has 31 heavy (non-hydrogen) atoms. The fraction of sp³-hybridized carbons (Fsp3) is 0. The quantitative estimate of drug-likeness (QED) is 0.325. The van der Waals surface area contributed by atoms with Gasteiger partial charge in [0.05, 0.1) is 11.1 Å². The lowest BCUT2D eigenvalue weighted by atomic mass is 10.1. The minimum atomic E-state index is -0.997.